The van der Waals surface area contributed by atoms with E-state index in [1.54, 1.807) is 0 Å². The maximum absolute atomic E-state index is 4.18. The minimum Gasteiger partial charge on any atom is -0.470 e. The summed E-state index contributed by atoms with van der Waals surface area (Å²) in [6.45, 7) is 7.84. The quantitative estimate of drug-likeness (QED) is 0.461. The molecule has 0 unspecified atom stereocenters. The van der Waals surface area contributed by atoms with Crippen molar-refractivity contribution in [2.75, 3.05) is 13.1 Å². The van der Waals surface area contributed by atoms with Crippen molar-refractivity contribution in [1.82, 2.24) is 0 Å². The normalized spacial score (nSPS) is 10.5. The maximum atomic E-state index is 4.18. The van der Waals surface area contributed by atoms with Gasteiger partial charge in [0.15, 0.2) is 0 Å². The number of amidine groups is 1. The summed E-state index contributed by atoms with van der Waals surface area (Å²) >= 11 is 0. The largest absolute Gasteiger partial charge is 0.470 e. The smallest absolute Gasteiger partial charge is 0 e. The number of nitrogens with zero attached hydrogens (tertiary/aromatic N) is 2. The Bertz CT molecular complexity index is 91.6. The molecule has 0 spiro atoms. The van der Waals surface area contributed by atoms with Crippen LogP contribution in [0.5, 0.6) is 0 Å². The van der Waals surface area contributed by atoms with Crippen LogP contribution in [0.4, 0.5) is 0 Å². The summed E-state index contributed by atoms with van der Waals surface area (Å²) in [4.78, 5) is 4.18. The van der Waals surface area contributed by atoms with Gasteiger partial charge in [-0.1, -0.05) is 39.7 Å². The summed E-state index contributed by atoms with van der Waals surface area (Å²) in [5.74, 6) is 1.00. The van der Waals surface area contributed by atoms with Crippen LogP contribution in [0, 0.1) is 0 Å². The fraction of sp³-hybridized carbons (Fsp3) is 0.857. The van der Waals surface area contributed by atoms with Crippen molar-refractivity contribution >= 4 is 5.84 Å². The number of hydrogen-bond donors (Lipinski definition) is 0. The van der Waals surface area contributed by atoms with Crippen molar-refractivity contribution in [2.45, 2.75) is 27.2 Å². The number of hydrogen-bond acceptors (Lipinski definition) is 1. The molecule has 0 aromatic carbocycles. The first-order valence-corrected chi connectivity index (χ1v) is 3.55. The van der Waals surface area contributed by atoms with Gasteiger partial charge in [0.05, 0.1) is 0 Å². The maximum Gasteiger partial charge on any atom is 0 e. The van der Waals surface area contributed by atoms with E-state index >= 15 is 0 Å². The summed E-state index contributed by atoms with van der Waals surface area (Å²) in [7, 11) is 0. The van der Waals surface area contributed by atoms with Gasteiger partial charge in [0.2, 0.25) is 0 Å². The van der Waals surface area contributed by atoms with Gasteiger partial charge in [0, 0.05) is 25.8 Å². The first-order chi connectivity index (χ1) is 4.35. The predicted molar refractivity (Wildman–Crippen MR) is 42.2 cm³/mol. The van der Waals surface area contributed by atoms with E-state index in [0.717, 1.165) is 25.3 Å². The monoisotopic (exact) mass is 172 g/mol. The molecule has 0 saturated carbocycles. The predicted octanol–water partition coefficient (Wildman–Crippen LogP) is 2.21. The minimum absolute atomic E-state index is 0. The van der Waals surface area contributed by atoms with E-state index in [0.29, 0.717) is 0 Å². The molecular formula is C7H15N2Sc-. The molecule has 0 N–H and O–H groups in total. The molecule has 0 heterocycles. The second-order valence-electron chi connectivity index (χ2n) is 1.72. The van der Waals surface area contributed by atoms with Gasteiger partial charge in [0.1, 0.15) is 0 Å². The molecule has 0 saturated heterocycles. The molecule has 0 aromatic heterocycles. The van der Waals surface area contributed by atoms with Crippen LogP contribution in [-0.2, 0) is 25.8 Å². The van der Waals surface area contributed by atoms with Crippen LogP contribution in [0.15, 0.2) is 4.99 Å². The Morgan fingerprint density at radius 2 is 1.90 bits per heavy atom. The molecule has 2 nitrogen and oxygen atoms in total. The molecule has 0 aliphatic rings. The Labute approximate surface area is 82.3 Å². The molecular weight excluding hydrogens is 157 g/mol. The van der Waals surface area contributed by atoms with Gasteiger partial charge in [-0.25, -0.2) is 0 Å². The zero-order valence-corrected chi connectivity index (χ0v) is 8.90. The fourth-order valence-corrected chi connectivity index (χ4v) is 0.639. The SMILES string of the molecule is CCN=C(CC)[N-]CC.[Sc]. The van der Waals surface area contributed by atoms with Crippen molar-refractivity contribution < 1.29 is 25.8 Å². The van der Waals surface area contributed by atoms with Crippen molar-refractivity contribution in [3.05, 3.63) is 5.32 Å². The van der Waals surface area contributed by atoms with E-state index in [1.807, 2.05) is 13.8 Å². The summed E-state index contributed by atoms with van der Waals surface area (Å²) < 4.78 is 0. The third-order valence-corrected chi connectivity index (χ3v) is 0.997. The van der Waals surface area contributed by atoms with Gasteiger partial charge in [-0.2, -0.15) is 0 Å². The molecule has 0 aliphatic heterocycles. The van der Waals surface area contributed by atoms with Crippen LogP contribution in [0.1, 0.15) is 27.2 Å². The van der Waals surface area contributed by atoms with Crippen molar-refractivity contribution in [2.24, 2.45) is 4.99 Å². The third-order valence-electron chi connectivity index (χ3n) is 0.997. The van der Waals surface area contributed by atoms with Crippen LogP contribution >= 0.6 is 0 Å². The number of aliphatic imine (C=N–C) groups is 1. The molecule has 0 fully saturated rings. The molecule has 10 heavy (non-hydrogen) atoms. The molecule has 0 aromatic rings. The Hall–Kier alpha value is 0.340. The van der Waals surface area contributed by atoms with Crippen LogP contribution in [0.3, 0.4) is 0 Å². The number of rotatable bonds is 3. The van der Waals surface area contributed by atoms with Gasteiger partial charge in [-0.05, 0) is 6.42 Å². The summed E-state index contributed by atoms with van der Waals surface area (Å²) in [6.07, 6.45) is 0.960. The van der Waals surface area contributed by atoms with Crippen LogP contribution in [0.25, 0.3) is 5.32 Å². The van der Waals surface area contributed by atoms with E-state index in [9.17, 15) is 0 Å². The van der Waals surface area contributed by atoms with Gasteiger partial charge in [0.25, 0.3) is 0 Å². The summed E-state index contributed by atoms with van der Waals surface area (Å²) in [5, 5.41) is 4.18. The Kier molecular flexibility index (Phi) is 12.1. The van der Waals surface area contributed by atoms with Gasteiger partial charge in [-0.3, -0.25) is 0 Å². The second kappa shape index (κ2) is 9.34. The molecule has 0 atom stereocenters. The topological polar surface area (TPSA) is 26.5 Å². The average Bonchev–Trinajstić information content (AvgIpc) is 1.88. The summed E-state index contributed by atoms with van der Waals surface area (Å²) in [5.41, 5.74) is 0. The standard InChI is InChI=1S/C7H15N2.Sc/c1-4-7(8-5-2)9-6-3;/h4-6H2,1-3H3;/q-1;. The molecule has 0 bridgehead atoms. The minimum atomic E-state index is 0. The van der Waals surface area contributed by atoms with Crippen LogP contribution in [0.2, 0.25) is 0 Å². The van der Waals surface area contributed by atoms with Crippen molar-refractivity contribution in [3.63, 3.8) is 0 Å². The Morgan fingerprint density at radius 1 is 1.30 bits per heavy atom. The molecule has 0 rings (SSSR count). The van der Waals surface area contributed by atoms with E-state index < -0.39 is 0 Å². The second-order valence-corrected chi connectivity index (χ2v) is 1.72. The van der Waals surface area contributed by atoms with Crippen LogP contribution in [-0.4, -0.2) is 18.9 Å². The average molecular weight is 172 g/mol. The first kappa shape index (κ1) is 13.0. The van der Waals surface area contributed by atoms with E-state index in [1.165, 1.54) is 0 Å². The van der Waals surface area contributed by atoms with Gasteiger partial charge >= 0.3 is 0 Å². The van der Waals surface area contributed by atoms with Gasteiger partial charge in [-0.15, -0.1) is 0 Å². The molecule has 1 radical (unpaired) electrons. The van der Waals surface area contributed by atoms with E-state index in [-0.39, 0.29) is 25.8 Å². The zero-order chi connectivity index (χ0) is 7.11. The van der Waals surface area contributed by atoms with E-state index in [2.05, 4.69) is 17.2 Å². The summed E-state index contributed by atoms with van der Waals surface area (Å²) in [6, 6.07) is 0. The molecule has 0 amide bonds. The molecule has 3 heteroatoms. The van der Waals surface area contributed by atoms with Crippen molar-refractivity contribution in [1.29, 1.82) is 0 Å². The first-order valence-electron chi connectivity index (χ1n) is 3.55. The molecule has 57 valence electrons. The fourth-order valence-electron chi connectivity index (χ4n) is 0.639. The molecule has 0 aliphatic carbocycles. The Balaban J connectivity index is 0. The van der Waals surface area contributed by atoms with Crippen molar-refractivity contribution in [3.8, 4) is 0 Å². The van der Waals surface area contributed by atoms with Gasteiger partial charge < -0.3 is 10.3 Å². The van der Waals surface area contributed by atoms with E-state index in [4.69, 9.17) is 0 Å². The van der Waals surface area contributed by atoms with Crippen LogP contribution < -0.4 is 0 Å². The third kappa shape index (κ3) is 6.46. The Morgan fingerprint density at radius 3 is 2.20 bits per heavy atom. The zero-order valence-electron chi connectivity index (χ0n) is 7.09.